The lowest BCUT2D eigenvalue weighted by atomic mass is 10.1. The van der Waals surface area contributed by atoms with Crippen LogP contribution >= 0.6 is 21.6 Å². The maximum Gasteiger partial charge on any atom is 0.409 e. The average Bonchev–Trinajstić information content (AvgIpc) is 3.43. The fraction of sp³-hybridized carbons (Fsp3) is 0.900. The number of carbonyl (C=O) groups is 4. The van der Waals surface area contributed by atoms with Gasteiger partial charge in [0.15, 0.2) is 0 Å². The van der Waals surface area contributed by atoms with Gasteiger partial charge in [-0.05, 0) is 51.6 Å². The Kier molecular flexibility index (Phi) is 34.4. The van der Waals surface area contributed by atoms with E-state index in [1.54, 1.807) is 26.5 Å². The summed E-state index contributed by atoms with van der Waals surface area (Å²) in [6.45, 7) is 10.2. The van der Waals surface area contributed by atoms with E-state index in [1.807, 2.05) is 0 Å². The summed E-state index contributed by atoms with van der Waals surface area (Å²) in [6.07, 6.45) is 21.8. The first-order chi connectivity index (χ1) is 26.0. The molecule has 1 aliphatic heterocycles. The maximum absolute atomic E-state index is 13.0. The van der Waals surface area contributed by atoms with Crippen molar-refractivity contribution in [3.05, 3.63) is 0 Å². The van der Waals surface area contributed by atoms with E-state index in [2.05, 4.69) is 24.1 Å². The van der Waals surface area contributed by atoms with Crippen molar-refractivity contribution in [2.75, 3.05) is 77.2 Å². The number of ether oxygens (including phenoxy) is 4. The SMILES string of the molecule is CCCCCCCCCOC(=O)CCCN(CCCC(=O)OCCCCCCCCC)C(=O)OCCSSCCOC(=O)NCCN1CCCCCC1. The van der Waals surface area contributed by atoms with Gasteiger partial charge in [0.05, 0.1) is 13.2 Å². The molecular formula is C40H75N3O8S2. The number of likely N-dealkylation sites (tertiary alicyclic amines) is 1. The molecule has 1 fully saturated rings. The molecule has 0 atom stereocenters. The van der Waals surface area contributed by atoms with E-state index in [9.17, 15) is 19.2 Å². The van der Waals surface area contributed by atoms with Crippen LogP contribution in [0.15, 0.2) is 0 Å². The van der Waals surface area contributed by atoms with Crippen LogP contribution < -0.4 is 5.32 Å². The number of nitrogens with zero attached hydrogens (tertiary/aromatic N) is 2. The summed E-state index contributed by atoms with van der Waals surface area (Å²) >= 11 is 0. The van der Waals surface area contributed by atoms with Crippen molar-refractivity contribution in [1.29, 1.82) is 0 Å². The zero-order chi connectivity index (χ0) is 38.5. The lowest BCUT2D eigenvalue weighted by Crippen LogP contribution is -2.35. The number of rotatable bonds is 34. The molecule has 53 heavy (non-hydrogen) atoms. The monoisotopic (exact) mass is 789 g/mol. The molecule has 1 aliphatic rings. The second-order valence-electron chi connectivity index (χ2n) is 14.0. The Hall–Kier alpha value is -1.86. The van der Waals surface area contributed by atoms with Crippen molar-refractivity contribution >= 4 is 45.7 Å². The molecular weight excluding hydrogens is 715 g/mol. The highest BCUT2D eigenvalue weighted by molar-refractivity contribution is 8.76. The topological polar surface area (TPSA) is 124 Å². The molecule has 0 unspecified atom stereocenters. The number of amides is 2. The second kappa shape index (κ2) is 37.1. The molecule has 0 saturated carbocycles. The van der Waals surface area contributed by atoms with Crippen LogP contribution in [-0.4, -0.2) is 111 Å². The molecule has 1 saturated heterocycles. The fourth-order valence-corrected chi connectivity index (χ4v) is 7.68. The summed E-state index contributed by atoms with van der Waals surface area (Å²) in [6, 6.07) is 0. The summed E-state index contributed by atoms with van der Waals surface area (Å²) in [4.78, 5) is 53.5. The van der Waals surface area contributed by atoms with Crippen molar-refractivity contribution in [2.45, 2.75) is 155 Å². The number of hydrogen-bond acceptors (Lipinski definition) is 11. The van der Waals surface area contributed by atoms with Crippen LogP contribution in [-0.2, 0) is 28.5 Å². The van der Waals surface area contributed by atoms with Gasteiger partial charge in [-0.2, -0.15) is 0 Å². The molecule has 13 heteroatoms. The number of hydrogen-bond donors (Lipinski definition) is 1. The summed E-state index contributed by atoms with van der Waals surface area (Å²) in [5.74, 6) is 0.721. The first-order valence-corrected chi connectivity index (χ1v) is 23.5. The van der Waals surface area contributed by atoms with Crippen LogP contribution in [0.5, 0.6) is 0 Å². The third-order valence-electron chi connectivity index (χ3n) is 9.17. The van der Waals surface area contributed by atoms with Gasteiger partial charge < -0.3 is 34.1 Å². The smallest absolute Gasteiger partial charge is 0.409 e. The predicted molar refractivity (Wildman–Crippen MR) is 218 cm³/mol. The normalized spacial score (nSPS) is 13.2. The van der Waals surface area contributed by atoms with Gasteiger partial charge >= 0.3 is 24.1 Å². The van der Waals surface area contributed by atoms with E-state index in [0.717, 1.165) is 45.3 Å². The van der Waals surface area contributed by atoms with E-state index >= 15 is 0 Å². The number of nitrogens with one attached hydrogen (secondary N) is 1. The van der Waals surface area contributed by atoms with E-state index < -0.39 is 6.09 Å². The van der Waals surface area contributed by atoms with Crippen molar-refractivity contribution < 1.29 is 38.1 Å². The molecule has 0 aromatic heterocycles. The minimum atomic E-state index is -0.455. The Bertz CT molecular complexity index is 871. The Morgan fingerprint density at radius 1 is 0.566 bits per heavy atom. The zero-order valence-corrected chi connectivity index (χ0v) is 35.2. The second-order valence-corrected chi connectivity index (χ2v) is 16.7. The third kappa shape index (κ3) is 32.1. The minimum absolute atomic E-state index is 0.228. The molecule has 1 N–H and O–H groups in total. The molecule has 1 heterocycles. The predicted octanol–water partition coefficient (Wildman–Crippen LogP) is 9.56. The van der Waals surface area contributed by atoms with Crippen LogP contribution in [0, 0.1) is 0 Å². The van der Waals surface area contributed by atoms with E-state index in [-0.39, 0.29) is 37.5 Å². The van der Waals surface area contributed by atoms with Crippen molar-refractivity contribution in [1.82, 2.24) is 15.1 Å². The van der Waals surface area contributed by atoms with Crippen molar-refractivity contribution in [2.24, 2.45) is 0 Å². The van der Waals surface area contributed by atoms with Crippen LogP contribution in [0.3, 0.4) is 0 Å². The van der Waals surface area contributed by atoms with Gasteiger partial charge in [-0.3, -0.25) is 9.59 Å². The first kappa shape index (κ1) is 49.2. The minimum Gasteiger partial charge on any atom is -0.466 e. The molecule has 0 aromatic carbocycles. The number of carbonyl (C=O) groups excluding carboxylic acids is 4. The summed E-state index contributed by atoms with van der Waals surface area (Å²) in [5.41, 5.74) is 0. The molecule has 0 spiro atoms. The Balaban J connectivity index is 2.28. The van der Waals surface area contributed by atoms with Crippen molar-refractivity contribution in [3.63, 3.8) is 0 Å². The standard InChI is InChI=1S/C40H75N3O8S2/c1-3-5-7-9-11-15-19-31-48-37(44)23-21-28-43(29-22-24-38(45)49-32-20-16-12-10-8-6-4-2)40(47)51-34-36-53-52-35-33-50-39(46)41-25-30-42-26-17-13-14-18-27-42/h3-36H2,1-2H3,(H,41,46). The van der Waals surface area contributed by atoms with Crippen molar-refractivity contribution in [3.8, 4) is 0 Å². The van der Waals surface area contributed by atoms with Gasteiger partial charge in [-0.1, -0.05) is 125 Å². The van der Waals surface area contributed by atoms with Crippen LogP contribution in [0.4, 0.5) is 9.59 Å². The quantitative estimate of drug-likeness (QED) is 0.0290. The molecule has 11 nitrogen and oxygen atoms in total. The Morgan fingerprint density at radius 2 is 1.04 bits per heavy atom. The number of unbranched alkanes of at least 4 members (excludes halogenated alkanes) is 12. The lowest BCUT2D eigenvalue weighted by Gasteiger charge is -2.22. The highest BCUT2D eigenvalue weighted by Crippen LogP contribution is 2.20. The maximum atomic E-state index is 13.0. The highest BCUT2D eigenvalue weighted by Gasteiger charge is 2.17. The highest BCUT2D eigenvalue weighted by atomic mass is 33.1. The summed E-state index contributed by atoms with van der Waals surface area (Å²) in [5, 5.41) is 2.83. The molecule has 0 radical (unpaired) electrons. The molecule has 0 bridgehead atoms. The molecule has 0 aromatic rings. The van der Waals surface area contributed by atoms with Gasteiger partial charge in [-0.15, -0.1) is 0 Å². The molecule has 310 valence electrons. The molecule has 0 aliphatic carbocycles. The Labute approximate surface area is 330 Å². The van der Waals surface area contributed by atoms with Crippen LogP contribution in [0.25, 0.3) is 0 Å². The third-order valence-corrected chi connectivity index (χ3v) is 11.5. The van der Waals surface area contributed by atoms with E-state index in [4.69, 9.17) is 18.9 Å². The summed E-state index contributed by atoms with van der Waals surface area (Å²) in [7, 11) is 3.11. The summed E-state index contributed by atoms with van der Waals surface area (Å²) < 4.78 is 21.6. The van der Waals surface area contributed by atoms with Crippen LogP contribution in [0.2, 0.25) is 0 Å². The molecule has 1 rings (SSSR count). The largest absolute Gasteiger partial charge is 0.466 e. The van der Waals surface area contributed by atoms with Gasteiger partial charge in [-0.25, -0.2) is 9.59 Å². The molecule has 2 amide bonds. The zero-order valence-electron chi connectivity index (χ0n) is 33.5. The van der Waals surface area contributed by atoms with Gasteiger partial charge in [0.2, 0.25) is 0 Å². The number of alkyl carbamates (subject to hydrolysis) is 1. The van der Waals surface area contributed by atoms with Gasteiger partial charge in [0.1, 0.15) is 13.2 Å². The average molecular weight is 790 g/mol. The Morgan fingerprint density at radius 3 is 1.55 bits per heavy atom. The lowest BCUT2D eigenvalue weighted by molar-refractivity contribution is -0.144. The van der Waals surface area contributed by atoms with E-state index in [1.165, 1.54) is 89.9 Å². The number of esters is 2. The van der Waals surface area contributed by atoms with E-state index in [0.29, 0.717) is 63.8 Å². The van der Waals surface area contributed by atoms with Crippen LogP contribution in [0.1, 0.15) is 155 Å². The fourth-order valence-electron chi connectivity index (χ4n) is 6.02. The van der Waals surface area contributed by atoms with Gasteiger partial charge in [0, 0.05) is 50.5 Å². The van der Waals surface area contributed by atoms with Gasteiger partial charge in [0.25, 0.3) is 0 Å². The first-order valence-electron chi connectivity index (χ1n) is 21.1.